The van der Waals surface area contributed by atoms with Crippen LogP contribution in [0.2, 0.25) is 5.04 Å². The fourth-order valence-corrected chi connectivity index (χ4v) is 13.0. The van der Waals surface area contributed by atoms with Crippen LogP contribution < -0.4 is 10.4 Å². The molecule has 9 heteroatoms. The Labute approximate surface area is 277 Å². The predicted octanol–water partition coefficient (Wildman–Crippen LogP) is 5.15. The fourth-order valence-electron chi connectivity index (χ4n) is 8.45. The van der Waals surface area contributed by atoms with Gasteiger partial charge in [0, 0.05) is 12.4 Å². The van der Waals surface area contributed by atoms with Crippen molar-refractivity contribution >= 4 is 48.4 Å². The number of benzene rings is 4. The molecule has 4 aromatic rings. The number of nitrogens with zero attached hydrogens (tertiary/aromatic N) is 1. The highest BCUT2D eigenvalue weighted by molar-refractivity contribution is 6.99. The molecule has 2 amide bonds. The lowest BCUT2D eigenvalue weighted by molar-refractivity contribution is -0.138. The van der Waals surface area contributed by atoms with E-state index in [-0.39, 0.29) is 29.2 Å². The first-order valence-corrected chi connectivity index (χ1v) is 18.3. The summed E-state index contributed by atoms with van der Waals surface area (Å²) in [4.78, 5) is 28.4. The summed E-state index contributed by atoms with van der Waals surface area (Å²) in [7, 11) is -2.66. The molecular weight excluding hydrogens is 605 g/mol. The van der Waals surface area contributed by atoms with Crippen molar-refractivity contribution in [1.29, 1.82) is 0 Å². The largest absolute Gasteiger partial charge is 0.507 e. The van der Waals surface area contributed by atoms with Crippen molar-refractivity contribution in [3.05, 3.63) is 114 Å². The molecule has 4 atom stereocenters. The normalized spacial score (nSPS) is 23.3. The number of hydrogen-bond donors (Lipinski definition) is 2. The third-order valence-electron chi connectivity index (χ3n) is 10.6. The Morgan fingerprint density at radius 1 is 0.851 bits per heavy atom. The molecule has 2 fully saturated rings. The van der Waals surface area contributed by atoms with Gasteiger partial charge in [-0.3, -0.25) is 14.5 Å². The van der Waals surface area contributed by atoms with E-state index in [9.17, 15) is 19.7 Å². The van der Waals surface area contributed by atoms with Crippen LogP contribution >= 0.6 is 0 Å². The van der Waals surface area contributed by atoms with Gasteiger partial charge in [-0.05, 0) is 62.2 Å². The monoisotopic (exact) mass is 645 g/mol. The third kappa shape index (κ3) is 5.08. The molecule has 0 aromatic heterocycles. The number of imide groups is 1. The van der Waals surface area contributed by atoms with E-state index < -0.39 is 39.3 Å². The maximum Gasteiger partial charge on any atom is 0.487 e. The number of fused-ring (bicyclic) bond motifs is 4. The zero-order valence-corrected chi connectivity index (χ0v) is 28.2. The van der Waals surface area contributed by atoms with Crippen molar-refractivity contribution in [1.82, 2.24) is 4.90 Å². The lowest BCUT2D eigenvalue weighted by Gasteiger charge is -2.45. The van der Waals surface area contributed by atoms with Gasteiger partial charge in [0.15, 0.2) is 0 Å². The summed E-state index contributed by atoms with van der Waals surface area (Å²) in [6, 6.07) is 31.8. The summed E-state index contributed by atoms with van der Waals surface area (Å²) in [6.07, 6.45) is 0.199. The molecule has 240 valence electrons. The van der Waals surface area contributed by atoms with Crippen molar-refractivity contribution in [2.45, 2.75) is 44.8 Å². The molecule has 7 rings (SSSR count). The highest BCUT2D eigenvalue weighted by Gasteiger charge is 2.58. The smallest absolute Gasteiger partial charge is 0.487 e. The summed E-state index contributed by atoms with van der Waals surface area (Å²) in [5.41, 5.74) is 2.33. The number of hydrogen-bond acceptors (Lipinski definition) is 6. The van der Waals surface area contributed by atoms with Crippen molar-refractivity contribution in [2.75, 3.05) is 13.7 Å². The van der Waals surface area contributed by atoms with Gasteiger partial charge in [-0.1, -0.05) is 112 Å². The maximum atomic E-state index is 13.6. The van der Waals surface area contributed by atoms with Gasteiger partial charge in [-0.2, -0.15) is 0 Å². The Kier molecular flexibility index (Phi) is 7.99. The molecule has 2 heterocycles. The number of amides is 2. The quantitative estimate of drug-likeness (QED) is 0.223. The van der Waals surface area contributed by atoms with E-state index in [2.05, 4.69) is 45.0 Å². The van der Waals surface area contributed by atoms with E-state index in [0.29, 0.717) is 23.7 Å². The van der Waals surface area contributed by atoms with Crippen molar-refractivity contribution in [2.24, 2.45) is 17.8 Å². The molecule has 47 heavy (non-hydrogen) atoms. The molecule has 0 radical (unpaired) electrons. The molecule has 2 aliphatic heterocycles. The van der Waals surface area contributed by atoms with Crippen LogP contribution in [0.3, 0.4) is 0 Å². The predicted molar refractivity (Wildman–Crippen MR) is 185 cm³/mol. The molecule has 0 saturated carbocycles. The van der Waals surface area contributed by atoms with E-state index in [1.165, 1.54) is 4.90 Å². The highest BCUT2D eigenvalue weighted by Crippen LogP contribution is 2.52. The van der Waals surface area contributed by atoms with Crippen LogP contribution in [0.15, 0.2) is 108 Å². The fraction of sp³-hybridized carbons (Fsp3) is 0.316. The lowest BCUT2D eigenvalue weighted by atomic mass is 9.55. The van der Waals surface area contributed by atoms with Gasteiger partial charge in [0.05, 0.1) is 24.5 Å². The van der Waals surface area contributed by atoms with Gasteiger partial charge in [0.25, 0.3) is 8.32 Å². The summed E-state index contributed by atoms with van der Waals surface area (Å²) < 4.78 is 13.7. The molecule has 0 unspecified atom stereocenters. The topological polar surface area (TPSA) is 96.3 Å². The summed E-state index contributed by atoms with van der Waals surface area (Å²) in [6.45, 7) is 6.86. The second-order valence-electron chi connectivity index (χ2n) is 14.1. The van der Waals surface area contributed by atoms with E-state index >= 15 is 0 Å². The first kappa shape index (κ1) is 31.6. The molecule has 3 aliphatic rings. The minimum atomic E-state index is -2.93. The van der Waals surface area contributed by atoms with Gasteiger partial charge < -0.3 is 19.2 Å². The Morgan fingerprint density at radius 2 is 1.45 bits per heavy atom. The van der Waals surface area contributed by atoms with E-state index in [1.54, 1.807) is 13.1 Å². The minimum absolute atomic E-state index is 0.167. The minimum Gasteiger partial charge on any atom is -0.507 e. The number of phenols is 1. The van der Waals surface area contributed by atoms with Gasteiger partial charge >= 0.3 is 7.12 Å². The Balaban J connectivity index is 1.33. The van der Waals surface area contributed by atoms with Gasteiger partial charge in [0.2, 0.25) is 11.8 Å². The average molecular weight is 646 g/mol. The third-order valence-corrected chi connectivity index (χ3v) is 15.6. The average Bonchev–Trinajstić information content (AvgIpc) is 3.29. The van der Waals surface area contributed by atoms with E-state index in [4.69, 9.17) is 9.08 Å². The Hall–Kier alpha value is -4.02. The number of aromatic hydroxyl groups is 1. The summed E-state index contributed by atoms with van der Waals surface area (Å²) >= 11 is 0. The maximum absolute atomic E-state index is 13.6. The van der Waals surface area contributed by atoms with Crippen molar-refractivity contribution < 1.29 is 28.8 Å². The van der Waals surface area contributed by atoms with Gasteiger partial charge in [0.1, 0.15) is 5.75 Å². The number of rotatable bonds is 6. The van der Waals surface area contributed by atoms with Crippen LogP contribution in [0.5, 0.6) is 5.75 Å². The van der Waals surface area contributed by atoms with Crippen LogP contribution in [0.1, 0.15) is 45.3 Å². The molecule has 1 aliphatic carbocycles. The van der Waals surface area contributed by atoms with Crippen LogP contribution in [0.4, 0.5) is 0 Å². The molecule has 7 nitrogen and oxygen atoms in total. The second-order valence-corrected chi connectivity index (χ2v) is 18.4. The van der Waals surface area contributed by atoms with Crippen LogP contribution in [-0.2, 0) is 18.7 Å². The molecule has 0 spiro atoms. The standard InChI is InChI=1S/C38H40BNO6Si/c1-38(2,3)47(25-13-7-5-8-14-25,26-15-9-6-10-16-26)45-23-24-21-31-34(37(43)40(4)36(31)42)30-22-33(46-39(44)35(24)30)29-19-20-32(41)28-18-12-11-17-27(28)29/h5-20,30-31,33-34,41,44H,21-23H2,1-4H3/t30-,31-,33-,34+/m0/s1. The number of carbonyl (C=O) groups excluding carboxylic acids is 2. The summed E-state index contributed by atoms with van der Waals surface area (Å²) in [5.74, 6) is -1.74. The number of carbonyl (C=O) groups is 2. The summed E-state index contributed by atoms with van der Waals surface area (Å²) in [5, 5.41) is 25.9. The first-order valence-electron chi connectivity index (χ1n) is 16.3. The van der Waals surface area contributed by atoms with Crippen molar-refractivity contribution in [3.63, 3.8) is 0 Å². The highest BCUT2D eigenvalue weighted by atomic mass is 28.4. The lowest BCUT2D eigenvalue weighted by Crippen LogP contribution is -2.66. The number of allylic oxidation sites excluding steroid dienone is 1. The second kappa shape index (κ2) is 11.9. The number of phenolic OH excluding ortho intramolecular Hbond substituents is 1. The van der Waals surface area contributed by atoms with Crippen LogP contribution in [0, 0.1) is 17.8 Å². The molecular formula is C38H40BNO6Si. The van der Waals surface area contributed by atoms with Gasteiger partial charge in [-0.15, -0.1) is 0 Å². The van der Waals surface area contributed by atoms with E-state index in [1.807, 2.05) is 66.7 Å². The molecule has 2 saturated heterocycles. The zero-order chi connectivity index (χ0) is 33.1. The molecule has 4 aromatic carbocycles. The van der Waals surface area contributed by atoms with Gasteiger partial charge in [-0.25, -0.2) is 0 Å². The SMILES string of the molecule is CN1C(=O)[C@H]2[C@H](CC(CO[Si](c3ccccc3)(c3ccccc3)C(C)(C)C)=C3B(O)O[C@H](c4ccc(O)c5ccccc45)C[C@H]32)C1=O. The van der Waals surface area contributed by atoms with E-state index in [0.717, 1.165) is 26.9 Å². The van der Waals surface area contributed by atoms with Crippen molar-refractivity contribution in [3.8, 4) is 5.75 Å². The molecule has 0 bridgehead atoms. The van der Waals surface area contributed by atoms with Crippen LogP contribution in [0.25, 0.3) is 10.8 Å². The van der Waals surface area contributed by atoms with Crippen LogP contribution in [-0.4, -0.2) is 55.9 Å². The number of likely N-dealkylation sites (tertiary alicyclic amines) is 1. The molecule has 2 N–H and O–H groups in total. The Morgan fingerprint density at radius 3 is 2.06 bits per heavy atom. The first-order chi connectivity index (χ1) is 22.5. The zero-order valence-electron chi connectivity index (χ0n) is 27.2. The Bertz CT molecular complexity index is 1830.